The van der Waals surface area contributed by atoms with Crippen LogP contribution < -0.4 is 19.7 Å². The predicted molar refractivity (Wildman–Crippen MR) is 120 cm³/mol. The second-order valence-electron chi connectivity index (χ2n) is 7.99. The molecule has 2 aliphatic rings. The van der Waals surface area contributed by atoms with E-state index in [1.165, 1.54) is 0 Å². The Morgan fingerprint density at radius 2 is 1.82 bits per heavy atom. The van der Waals surface area contributed by atoms with Crippen LogP contribution >= 0.6 is 0 Å². The molecule has 0 aliphatic carbocycles. The van der Waals surface area contributed by atoms with Gasteiger partial charge in [-0.2, -0.15) is 0 Å². The molecule has 33 heavy (non-hydrogen) atoms. The number of nitrogens with zero attached hydrogens (tertiary/aromatic N) is 3. The first-order valence-electron chi connectivity index (χ1n) is 10.6. The van der Waals surface area contributed by atoms with E-state index in [0.717, 1.165) is 0 Å². The van der Waals surface area contributed by atoms with Gasteiger partial charge in [-0.1, -0.05) is 0 Å². The van der Waals surface area contributed by atoms with Crippen LogP contribution in [0.3, 0.4) is 0 Å². The van der Waals surface area contributed by atoms with E-state index in [9.17, 15) is 14.4 Å². The number of rotatable bonds is 5. The Labute approximate surface area is 189 Å². The summed E-state index contributed by atoms with van der Waals surface area (Å²) in [6.45, 7) is 1.23. The lowest BCUT2D eigenvalue weighted by molar-refractivity contribution is -0.122. The molecule has 1 fully saturated rings. The minimum Gasteiger partial charge on any atom is -0.486 e. The summed E-state index contributed by atoms with van der Waals surface area (Å²) in [7, 11) is 1.76. The number of amides is 2. The van der Waals surface area contributed by atoms with E-state index in [1.807, 2.05) is 0 Å². The predicted octanol–water partition coefficient (Wildman–Crippen LogP) is 2.41. The number of anilines is 2. The molecule has 2 aliphatic heterocycles. The Bertz CT molecular complexity index is 1230. The van der Waals surface area contributed by atoms with E-state index < -0.39 is 5.92 Å². The van der Waals surface area contributed by atoms with Crippen molar-refractivity contribution in [3.05, 3.63) is 66.2 Å². The van der Waals surface area contributed by atoms with E-state index in [4.69, 9.17) is 9.47 Å². The average Bonchev–Trinajstić information content (AvgIpc) is 3.44. The molecule has 9 heteroatoms. The molecule has 9 nitrogen and oxygen atoms in total. The van der Waals surface area contributed by atoms with Gasteiger partial charge >= 0.3 is 0 Å². The van der Waals surface area contributed by atoms with Gasteiger partial charge in [-0.3, -0.25) is 14.4 Å². The quantitative estimate of drug-likeness (QED) is 0.604. The number of carbonyl (C=O) groups is 3. The van der Waals surface area contributed by atoms with E-state index in [1.54, 1.807) is 71.4 Å². The summed E-state index contributed by atoms with van der Waals surface area (Å²) in [6, 6.07) is 12.0. The zero-order valence-corrected chi connectivity index (χ0v) is 18.0. The second kappa shape index (κ2) is 8.42. The zero-order valence-electron chi connectivity index (χ0n) is 18.0. The number of imidazole rings is 1. The van der Waals surface area contributed by atoms with Crippen LogP contribution in [-0.4, -0.2) is 46.9 Å². The first-order chi connectivity index (χ1) is 16.0. The third-order valence-corrected chi connectivity index (χ3v) is 5.77. The van der Waals surface area contributed by atoms with Crippen LogP contribution in [0.15, 0.2) is 54.9 Å². The van der Waals surface area contributed by atoms with E-state index >= 15 is 0 Å². The van der Waals surface area contributed by atoms with Crippen molar-refractivity contribution < 1.29 is 23.9 Å². The summed E-state index contributed by atoms with van der Waals surface area (Å²) in [4.78, 5) is 43.6. The molecule has 3 heterocycles. The Kier molecular flexibility index (Phi) is 5.29. The molecule has 0 radical (unpaired) electrons. The van der Waals surface area contributed by atoms with Gasteiger partial charge in [-0.15, -0.1) is 0 Å². The largest absolute Gasteiger partial charge is 0.486 e. The summed E-state index contributed by atoms with van der Waals surface area (Å²) in [5.41, 5.74) is 1.71. The molecule has 1 atom stereocenters. The van der Waals surface area contributed by atoms with Crippen molar-refractivity contribution in [1.82, 2.24) is 9.55 Å². The van der Waals surface area contributed by atoms with Crippen molar-refractivity contribution in [2.45, 2.75) is 6.42 Å². The highest BCUT2D eigenvalue weighted by Gasteiger charge is 2.35. The molecule has 0 unspecified atom stereocenters. The molecule has 0 saturated carbocycles. The lowest BCUT2D eigenvalue weighted by Gasteiger charge is -2.22. The van der Waals surface area contributed by atoms with Crippen molar-refractivity contribution in [3.63, 3.8) is 0 Å². The van der Waals surface area contributed by atoms with Gasteiger partial charge in [0.25, 0.3) is 0 Å². The van der Waals surface area contributed by atoms with Crippen LogP contribution in [0.4, 0.5) is 11.4 Å². The lowest BCUT2D eigenvalue weighted by Crippen LogP contribution is -2.28. The summed E-state index contributed by atoms with van der Waals surface area (Å²) >= 11 is 0. The Morgan fingerprint density at radius 3 is 2.55 bits per heavy atom. The molecule has 168 valence electrons. The van der Waals surface area contributed by atoms with Gasteiger partial charge in [-0.25, -0.2) is 4.98 Å². The highest BCUT2D eigenvalue weighted by Crippen LogP contribution is 2.36. The fraction of sp³-hybridized carbons (Fsp3) is 0.250. The number of hydrogen-bond acceptors (Lipinski definition) is 6. The molecule has 1 saturated heterocycles. The van der Waals surface area contributed by atoms with Crippen LogP contribution in [0.1, 0.15) is 22.6 Å². The molecular formula is C24H22N4O5. The lowest BCUT2D eigenvalue weighted by atomic mass is 10.1. The Hall–Kier alpha value is -4.14. The molecule has 3 aromatic rings. The number of fused-ring (bicyclic) bond motifs is 1. The molecule has 5 rings (SSSR count). The van der Waals surface area contributed by atoms with Gasteiger partial charge in [0, 0.05) is 55.4 Å². The second-order valence-corrected chi connectivity index (χ2v) is 7.99. The van der Waals surface area contributed by atoms with Gasteiger partial charge in [0.2, 0.25) is 17.6 Å². The fourth-order valence-electron chi connectivity index (χ4n) is 4.00. The van der Waals surface area contributed by atoms with Gasteiger partial charge in [0.05, 0.1) is 5.92 Å². The molecular weight excluding hydrogens is 424 g/mol. The van der Waals surface area contributed by atoms with E-state index in [0.29, 0.717) is 47.5 Å². The van der Waals surface area contributed by atoms with Gasteiger partial charge in [-0.05, 0) is 36.4 Å². The van der Waals surface area contributed by atoms with E-state index in [2.05, 4.69) is 10.3 Å². The molecule has 2 amide bonds. The number of ketones is 1. The third-order valence-electron chi connectivity index (χ3n) is 5.77. The van der Waals surface area contributed by atoms with Crippen LogP contribution in [0.25, 0.3) is 0 Å². The van der Waals surface area contributed by atoms with Crippen LogP contribution in [0, 0.1) is 5.92 Å². The maximum Gasteiger partial charge on any atom is 0.229 e. The Morgan fingerprint density at radius 1 is 1.06 bits per heavy atom. The van der Waals surface area contributed by atoms with Crippen molar-refractivity contribution in [2.24, 2.45) is 13.0 Å². The average molecular weight is 446 g/mol. The maximum absolute atomic E-state index is 12.8. The fourth-order valence-corrected chi connectivity index (χ4v) is 4.00. The van der Waals surface area contributed by atoms with Gasteiger partial charge in [0.1, 0.15) is 13.2 Å². The molecule has 0 spiro atoms. The zero-order chi connectivity index (χ0) is 22.9. The number of aryl methyl sites for hydroxylation is 1. The molecule has 1 aromatic heterocycles. The monoisotopic (exact) mass is 446 g/mol. The standard InChI is InChI=1S/C24H22N4O5/c1-27-9-8-25-23(27)22(30)15-2-4-17(5-3-15)26-24(31)16-12-21(29)28(14-16)18-6-7-19-20(13-18)33-11-10-32-19/h2-9,13,16H,10-12,14H2,1H3,(H,26,31)/t16-/m1/s1. The molecule has 2 aromatic carbocycles. The number of carbonyl (C=O) groups excluding carboxylic acids is 3. The number of hydrogen-bond donors (Lipinski definition) is 1. The number of nitrogens with one attached hydrogen (secondary N) is 1. The normalized spacial score (nSPS) is 17.2. The van der Waals surface area contributed by atoms with Crippen molar-refractivity contribution in [2.75, 3.05) is 30.0 Å². The van der Waals surface area contributed by atoms with Gasteiger partial charge in [0.15, 0.2) is 17.3 Å². The number of aromatic nitrogens is 2. The topological polar surface area (TPSA) is 103 Å². The summed E-state index contributed by atoms with van der Waals surface area (Å²) in [5, 5.41) is 2.84. The van der Waals surface area contributed by atoms with Crippen LogP contribution in [0.5, 0.6) is 11.5 Å². The first-order valence-corrected chi connectivity index (χ1v) is 10.6. The summed E-state index contributed by atoms with van der Waals surface area (Å²) < 4.78 is 12.8. The van der Waals surface area contributed by atoms with Gasteiger partial charge < -0.3 is 24.3 Å². The number of ether oxygens (including phenoxy) is 2. The Balaban J connectivity index is 1.24. The molecule has 1 N–H and O–H groups in total. The van der Waals surface area contributed by atoms with Crippen molar-refractivity contribution in [1.29, 1.82) is 0 Å². The molecule has 0 bridgehead atoms. The highest BCUT2D eigenvalue weighted by molar-refractivity contribution is 6.07. The summed E-state index contributed by atoms with van der Waals surface area (Å²) in [5.74, 6) is 0.539. The smallest absolute Gasteiger partial charge is 0.229 e. The summed E-state index contributed by atoms with van der Waals surface area (Å²) in [6.07, 6.45) is 3.40. The minimum atomic E-state index is -0.487. The SMILES string of the molecule is Cn1ccnc1C(=O)c1ccc(NC(=O)[C@@H]2CC(=O)N(c3ccc4c(c3)OCCO4)C2)cc1. The van der Waals surface area contributed by atoms with Crippen molar-refractivity contribution >= 4 is 29.0 Å². The highest BCUT2D eigenvalue weighted by atomic mass is 16.6. The van der Waals surface area contributed by atoms with Crippen LogP contribution in [0.2, 0.25) is 0 Å². The van der Waals surface area contributed by atoms with Crippen LogP contribution in [-0.2, 0) is 16.6 Å². The third kappa shape index (κ3) is 4.05. The maximum atomic E-state index is 12.8. The number of benzene rings is 2. The first kappa shape index (κ1) is 20.7. The van der Waals surface area contributed by atoms with E-state index in [-0.39, 0.29) is 30.6 Å². The van der Waals surface area contributed by atoms with Crippen molar-refractivity contribution in [3.8, 4) is 11.5 Å². The minimum absolute atomic E-state index is 0.121.